The number of ether oxygens (including phenoxy) is 1. The predicted molar refractivity (Wildman–Crippen MR) is 104 cm³/mol. The van der Waals surface area contributed by atoms with E-state index in [0.29, 0.717) is 16.5 Å². The average Bonchev–Trinajstić information content (AvgIpc) is 2.58. The van der Waals surface area contributed by atoms with Gasteiger partial charge < -0.3 is 15.2 Å². The third-order valence-corrected chi connectivity index (χ3v) is 4.22. The highest BCUT2D eigenvalue weighted by Crippen LogP contribution is 2.25. The number of carboxylic acids is 1. The lowest BCUT2D eigenvalue weighted by molar-refractivity contribution is -0.121. The van der Waals surface area contributed by atoms with Gasteiger partial charge in [0.15, 0.2) is 11.7 Å². The maximum absolute atomic E-state index is 11.9. The van der Waals surface area contributed by atoms with Gasteiger partial charge in [0.25, 0.3) is 5.91 Å². The number of halogens is 1. The van der Waals surface area contributed by atoms with E-state index in [0.717, 1.165) is 11.1 Å². The molecule has 0 atom stereocenters. The van der Waals surface area contributed by atoms with Crippen molar-refractivity contribution in [3.8, 4) is 5.75 Å². The number of anilines is 1. The molecule has 0 aromatic heterocycles. The molecule has 0 heterocycles. The van der Waals surface area contributed by atoms with Crippen LogP contribution in [0.5, 0.6) is 5.75 Å². The molecule has 0 unspecified atom stereocenters. The van der Waals surface area contributed by atoms with Gasteiger partial charge >= 0.3 is 5.97 Å². The molecular formula is C18H17ClN2O4S. The number of benzene rings is 2. The summed E-state index contributed by atoms with van der Waals surface area (Å²) in [4.78, 5) is 22.7. The van der Waals surface area contributed by atoms with Crippen LogP contribution in [-0.2, 0) is 4.79 Å². The monoisotopic (exact) mass is 392 g/mol. The van der Waals surface area contributed by atoms with E-state index in [9.17, 15) is 9.59 Å². The number of hydrogen-bond donors (Lipinski definition) is 3. The third kappa shape index (κ3) is 5.44. The smallest absolute Gasteiger partial charge is 0.335 e. The minimum atomic E-state index is -1.02. The number of aromatic carboxylic acids is 1. The first-order valence-corrected chi connectivity index (χ1v) is 8.38. The Morgan fingerprint density at radius 2 is 1.73 bits per heavy atom. The molecule has 0 fully saturated rings. The number of carbonyl (C=O) groups excluding carboxylic acids is 1. The number of aryl methyl sites for hydroxylation is 2. The Bertz CT molecular complexity index is 830. The van der Waals surface area contributed by atoms with Crippen molar-refractivity contribution in [2.45, 2.75) is 13.8 Å². The van der Waals surface area contributed by atoms with E-state index >= 15 is 0 Å². The van der Waals surface area contributed by atoms with E-state index in [2.05, 4.69) is 10.6 Å². The molecule has 0 aliphatic carbocycles. The third-order valence-electron chi connectivity index (χ3n) is 3.42. The molecule has 8 heteroatoms. The average molecular weight is 393 g/mol. The molecule has 0 saturated carbocycles. The fourth-order valence-corrected chi connectivity index (χ4v) is 2.50. The Labute approximate surface area is 161 Å². The molecule has 0 spiro atoms. The molecule has 0 aliphatic rings. The number of carbonyl (C=O) groups is 2. The van der Waals surface area contributed by atoms with Crippen LogP contribution < -0.4 is 15.4 Å². The molecular weight excluding hydrogens is 376 g/mol. The van der Waals surface area contributed by atoms with Crippen LogP contribution in [0.1, 0.15) is 21.5 Å². The summed E-state index contributed by atoms with van der Waals surface area (Å²) >= 11 is 11.1. The minimum Gasteiger partial charge on any atom is -0.484 e. The lowest BCUT2D eigenvalue weighted by atomic mass is 10.1. The second kappa shape index (κ2) is 8.64. The normalized spacial score (nSPS) is 10.1. The summed E-state index contributed by atoms with van der Waals surface area (Å²) in [7, 11) is 0. The molecule has 2 rings (SSSR count). The van der Waals surface area contributed by atoms with Gasteiger partial charge in [-0.1, -0.05) is 11.6 Å². The number of nitrogens with one attached hydrogen (secondary N) is 2. The highest BCUT2D eigenvalue weighted by atomic mass is 35.5. The molecule has 0 radical (unpaired) electrons. The molecule has 0 aliphatic heterocycles. The zero-order chi connectivity index (χ0) is 19.3. The van der Waals surface area contributed by atoms with Crippen LogP contribution in [0.4, 0.5) is 5.69 Å². The van der Waals surface area contributed by atoms with Gasteiger partial charge in [0.1, 0.15) is 5.75 Å². The van der Waals surface area contributed by atoms with Gasteiger partial charge in [-0.05, 0) is 73.6 Å². The molecule has 136 valence electrons. The molecule has 0 saturated heterocycles. The second-order valence-electron chi connectivity index (χ2n) is 5.54. The van der Waals surface area contributed by atoms with Crippen LogP contribution in [0, 0.1) is 13.8 Å². The zero-order valence-electron chi connectivity index (χ0n) is 14.1. The molecule has 0 bridgehead atoms. The van der Waals surface area contributed by atoms with Crippen LogP contribution in [-0.4, -0.2) is 28.7 Å². The highest BCUT2D eigenvalue weighted by molar-refractivity contribution is 7.80. The summed E-state index contributed by atoms with van der Waals surface area (Å²) < 4.78 is 5.45. The Morgan fingerprint density at radius 3 is 2.27 bits per heavy atom. The second-order valence-corrected chi connectivity index (χ2v) is 6.33. The summed E-state index contributed by atoms with van der Waals surface area (Å²) in [6, 6.07) is 9.48. The first-order chi connectivity index (χ1) is 12.3. The number of amides is 1. The van der Waals surface area contributed by atoms with E-state index in [1.54, 1.807) is 24.3 Å². The quantitative estimate of drug-likeness (QED) is 0.674. The van der Waals surface area contributed by atoms with E-state index in [1.807, 2.05) is 13.8 Å². The first kappa shape index (κ1) is 19.7. The van der Waals surface area contributed by atoms with E-state index in [4.69, 9.17) is 33.7 Å². The predicted octanol–water partition coefficient (Wildman–Crippen LogP) is 3.55. The van der Waals surface area contributed by atoms with Crippen molar-refractivity contribution in [1.82, 2.24) is 5.32 Å². The number of hydrogen-bond acceptors (Lipinski definition) is 4. The molecule has 6 nitrogen and oxygen atoms in total. The fourth-order valence-electron chi connectivity index (χ4n) is 2.16. The van der Waals surface area contributed by atoms with Crippen molar-refractivity contribution in [2.75, 3.05) is 11.9 Å². The van der Waals surface area contributed by atoms with Crippen molar-refractivity contribution in [3.63, 3.8) is 0 Å². The first-order valence-electron chi connectivity index (χ1n) is 7.60. The van der Waals surface area contributed by atoms with Crippen LogP contribution >= 0.6 is 23.8 Å². The molecule has 2 aromatic rings. The Kier molecular flexibility index (Phi) is 6.54. The Balaban J connectivity index is 1.85. The van der Waals surface area contributed by atoms with Gasteiger partial charge in [-0.15, -0.1) is 0 Å². The van der Waals surface area contributed by atoms with Crippen LogP contribution in [0.2, 0.25) is 5.02 Å². The van der Waals surface area contributed by atoms with Gasteiger partial charge in [0, 0.05) is 10.7 Å². The summed E-state index contributed by atoms with van der Waals surface area (Å²) in [5.74, 6) is -0.894. The summed E-state index contributed by atoms with van der Waals surface area (Å²) in [5.41, 5.74) is 2.45. The summed E-state index contributed by atoms with van der Waals surface area (Å²) in [5, 5.41) is 14.9. The van der Waals surface area contributed by atoms with Crippen molar-refractivity contribution in [3.05, 3.63) is 58.1 Å². The van der Waals surface area contributed by atoms with Crippen molar-refractivity contribution < 1.29 is 19.4 Å². The highest BCUT2D eigenvalue weighted by Gasteiger charge is 2.09. The van der Waals surface area contributed by atoms with Gasteiger partial charge in [0.05, 0.1) is 5.56 Å². The molecule has 1 amide bonds. The largest absolute Gasteiger partial charge is 0.484 e. The van der Waals surface area contributed by atoms with Gasteiger partial charge in [-0.3, -0.25) is 10.1 Å². The topological polar surface area (TPSA) is 87.7 Å². The fraction of sp³-hybridized carbons (Fsp3) is 0.167. The standard InChI is InChI=1S/C18H17ClN2O4S/c1-10-7-14(8-11(2)16(10)19)25-9-15(22)21-18(26)20-13-5-3-12(4-6-13)17(23)24/h3-8H,9H2,1-2H3,(H,23,24)(H2,20,21,22,26). The number of thiocarbonyl (C=S) groups is 1. The molecule has 26 heavy (non-hydrogen) atoms. The number of carboxylic acid groups (broad SMARTS) is 1. The maximum atomic E-state index is 11.9. The van der Waals surface area contributed by atoms with Gasteiger partial charge in [-0.25, -0.2) is 4.79 Å². The summed E-state index contributed by atoms with van der Waals surface area (Å²) in [6.07, 6.45) is 0. The zero-order valence-corrected chi connectivity index (χ0v) is 15.7. The van der Waals surface area contributed by atoms with E-state index in [1.165, 1.54) is 12.1 Å². The van der Waals surface area contributed by atoms with Crippen molar-refractivity contribution >= 4 is 46.5 Å². The lowest BCUT2D eigenvalue weighted by Gasteiger charge is -2.12. The van der Waals surface area contributed by atoms with Crippen LogP contribution in [0.3, 0.4) is 0 Å². The summed E-state index contributed by atoms with van der Waals surface area (Å²) in [6.45, 7) is 3.51. The number of rotatable bonds is 5. The van der Waals surface area contributed by atoms with Crippen LogP contribution in [0.15, 0.2) is 36.4 Å². The lowest BCUT2D eigenvalue weighted by Crippen LogP contribution is -2.37. The minimum absolute atomic E-state index is 0.0881. The molecule has 2 aromatic carbocycles. The van der Waals surface area contributed by atoms with E-state index < -0.39 is 11.9 Å². The maximum Gasteiger partial charge on any atom is 0.335 e. The SMILES string of the molecule is Cc1cc(OCC(=O)NC(=S)Nc2ccc(C(=O)O)cc2)cc(C)c1Cl. The Morgan fingerprint density at radius 1 is 1.15 bits per heavy atom. The molecule has 3 N–H and O–H groups in total. The van der Waals surface area contributed by atoms with Gasteiger partial charge in [0.2, 0.25) is 0 Å². The van der Waals surface area contributed by atoms with Crippen molar-refractivity contribution in [2.24, 2.45) is 0 Å². The Hall–Kier alpha value is -2.64. The van der Waals surface area contributed by atoms with Gasteiger partial charge in [-0.2, -0.15) is 0 Å². The van der Waals surface area contributed by atoms with Crippen LogP contribution in [0.25, 0.3) is 0 Å². The van der Waals surface area contributed by atoms with E-state index in [-0.39, 0.29) is 17.3 Å². The van der Waals surface area contributed by atoms with Crippen molar-refractivity contribution in [1.29, 1.82) is 0 Å².